The van der Waals surface area contributed by atoms with Crippen LogP contribution in [0.5, 0.6) is 5.75 Å². The third kappa shape index (κ3) is 3.87. The van der Waals surface area contributed by atoms with E-state index in [2.05, 4.69) is 38.2 Å². The Morgan fingerprint density at radius 2 is 1.95 bits per heavy atom. The highest BCUT2D eigenvalue weighted by molar-refractivity contribution is 5.54. The molecule has 0 aliphatic carbocycles. The monoisotopic (exact) mass is 263 g/mol. The van der Waals surface area contributed by atoms with Crippen molar-refractivity contribution in [3.63, 3.8) is 0 Å². The summed E-state index contributed by atoms with van der Waals surface area (Å²) in [6.45, 7) is 9.13. The van der Waals surface area contributed by atoms with E-state index < -0.39 is 0 Å². The van der Waals surface area contributed by atoms with Gasteiger partial charge >= 0.3 is 0 Å². The number of rotatable bonds is 4. The van der Waals surface area contributed by atoms with Crippen LogP contribution < -0.4 is 10.1 Å². The fourth-order valence-corrected chi connectivity index (χ4v) is 2.80. The minimum Gasteiger partial charge on any atom is -0.494 e. The molecular weight excluding hydrogens is 238 g/mol. The van der Waals surface area contributed by atoms with Crippen molar-refractivity contribution >= 4 is 5.69 Å². The number of ether oxygens (including phenoxy) is 2. The van der Waals surface area contributed by atoms with Gasteiger partial charge in [0, 0.05) is 11.7 Å². The van der Waals surface area contributed by atoms with Crippen LogP contribution in [0.3, 0.4) is 0 Å². The molecule has 1 heterocycles. The Morgan fingerprint density at radius 1 is 1.26 bits per heavy atom. The van der Waals surface area contributed by atoms with Gasteiger partial charge in [0.1, 0.15) is 5.75 Å². The molecule has 1 N–H and O–H groups in total. The number of hydrogen-bond donors (Lipinski definition) is 1. The van der Waals surface area contributed by atoms with E-state index in [1.165, 1.54) is 11.3 Å². The van der Waals surface area contributed by atoms with E-state index in [0.29, 0.717) is 24.9 Å². The maximum atomic E-state index is 5.78. The molecule has 2 rings (SSSR count). The average molecular weight is 263 g/mol. The van der Waals surface area contributed by atoms with Crippen molar-refractivity contribution < 1.29 is 9.47 Å². The first-order valence-corrected chi connectivity index (χ1v) is 7.24. The number of aryl methyl sites for hydroxylation is 1. The zero-order valence-corrected chi connectivity index (χ0v) is 12.4. The number of benzene rings is 1. The van der Waals surface area contributed by atoms with E-state index in [9.17, 15) is 0 Å². The second kappa shape index (κ2) is 6.29. The quantitative estimate of drug-likeness (QED) is 0.897. The molecule has 1 aromatic rings. The molecule has 0 aromatic heterocycles. The molecule has 2 atom stereocenters. The van der Waals surface area contributed by atoms with Gasteiger partial charge in [-0.25, -0.2) is 0 Å². The van der Waals surface area contributed by atoms with Crippen LogP contribution in [0.4, 0.5) is 5.69 Å². The Balaban J connectivity index is 2.02. The van der Waals surface area contributed by atoms with Gasteiger partial charge in [-0.3, -0.25) is 0 Å². The first kappa shape index (κ1) is 14.2. The number of hydrogen-bond acceptors (Lipinski definition) is 3. The highest BCUT2D eigenvalue weighted by Crippen LogP contribution is 2.26. The second-order valence-corrected chi connectivity index (χ2v) is 5.48. The molecule has 0 radical (unpaired) electrons. The Bertz CT molecular complexity index is 409. The Kier molecular flexibility index (Phi) is 4.70. The molecule has 2 unspecified atom stereocenters. The molecule has 0 amide bonds. The lowest BCUT2D eigenvalue weighted by atomic mass is 9.99. The van der Waals surface area contributed by atoms with Crippen LogP contribution in [0.1, 0.15) is 39.2 Å². The van der Waals surface area contributed by atoms with Crippen molar-refractivity contribution in [2.75, 3.05) is 11.9 Å². The van der Waals surface area contributed by atoms with Gasteiger partial charge in [0.15, 0.2) is 0 Å². The highest BCUT2D eigenvalue weighted by Gasteiger charge is 2.24. The Morgan fingerprint density at radius 3 is 2.53 bits per heavy atom. The largest absolute Gasteiger partial charge is 0.494 e. The lowest BCUT2D eigenvalue weighted by molar-refractivity contribution is -0.0337. The third-order valence-corrected chi connectivity index (χ3v) is 3.57. The first-order chi connectivity index (χ1) is 9.08. The second-order valence-electron chi connectivity index (χ2n) is 5.48. The van der Waals surface area contributed by atoms with Crippen molar-refractivity contribution in [2.45, 2.75) is 58.8 Å². The summed E-state index contributed by atoms with van der Waals surface area (Å²) in [7, 11) is 0. The smallest absolute Gasteiger partial charge is 0.119 e. The van der Waals surface area contributed by atoms with Crippen LogP contribution in [0, 0.1) is 6.92 Å². The van der Waals surface area contributed by atoms with E-state index in [0.717, 1.165) is 18.6 Å². The van der Waals surface area contributed by atoms with Gasteiger partial charge in [-0.2, -0.15) is 0 Å². The summed E-state index contributed by atoms with van der Waals surface area (Å²) in [5.41, 5.74) is 2.44. The predicted molar refractivity (Wildman–Crippen MR) is 79.0 cm³/mol. The Labute approximate surface area is 116 Å². The Hall–Kier alpha value is -1.22. The van der Waals surface area contributed by atoms with Crippen LogP contribution in [0.2, 0.25) is 0 Å². The highest BCUT2D eigenvalue weighted by atomic mass is 16.5. The average Bonchev–Trinajstić information content (AvgIpc) is 2.32. The molecule has 1 aliphatic rings. The van der Waals surface area contributed by atoms with Crippen LogP contribution in [-0.2, 0) is 4.74 Å². The van der Waals surface area contributed by atoms with Gasteiger partial charge in [-0.15, -0.1) is 0 Å². The molecule has 19 heavy (non-hydrogen) atoms. The molecule has 1 aliphatic heterocycles. The molecule has 1 saturated heterocycles. The molecule has 0 bridgehead atoms. The SMILES string of the molecule is CCOc1ccc(NC2CC(C)OC(C)C2)c(C)c1. The topological polar surface area (TPSA) is 30.5 Å². The lowest BCUT2D eigenvalue weighted by Crippen LogP contribution is -2.37. The fraction of sp³-hybridized carbons (Fsp3) is 0.625. The minimum absolute atomic E-state index is 0.337. The normalized spacial score (nSPS) is 27.1. The summed E-state index contributed by atoms with van der Waals surface area (Å²) >= 11 is 0. The molecule has 0 spiro atoms. The van der Waals surface area contributed by atoms with Gasteiger partial charge in [-0.05, 0) is 64.3 Å². The van der Waals surface area contributed by atoms with Crippen molar-refractivity contribution in [1.29, 1.82) is 0 Å². The summed E-state index contributed by atoms with van der Waals surface area (Å²) in [4.78, 5) is 0. The van der Waals surface area contributed by atoms with Crippen molar-refractivity contribution in [3.05, 3.63) is 23.8 Å². The molecule has 3 heteroatoms. The molecule has 1 aromatic carbocycles. The molecule has 106 valence electrons. The molecule has 3 nitrogen and oxygen atoms in total. The van der Waals surface area contributed by atoms with Crippen molar-refractivity contribution in [1.82, 2.24) is 0 Å². The van der Waals surface area contributed by atoms with Crippen LogP contribution >= 0.6 is 0 Å². The summed E-state index contributed by atoms with van der Waals surface area (Å²) in [6, 6.07) is 6.74. The zero-order chi connectivity index (χ0) is 13.8. The summed E-state index contributed by atoms with van der Waals surface area (Å²) in [6.07, 6.45) is 2.81. The number of anilines is 1. The van der Waals surface area contributed by atoms with E-state index in [1.54, 1.807) is 0 Å². The van der Waals surface area contributed by atoms with Crippen LogP contribution in [0.15, 0.2) is 18.2 Å². The molecular formula is C16H25NO2. The molecule has 1 fully saturated rings. The van der Waals surface area contributed by atoms with Crippen LogP contribution in [-0.4, -0.2) is 24.9 Å². The first-order valence-electron chi connectivity index (χ1n) is 7.24. The van der Waals surface area contributed by atoms with Gasteiger partial charge in [0.2, 0.25) is 0 Å². The summed E-state index contributed by atoms with van der Waals surface area (Å²) in [5.74, 6) is 0.944. The van der Waals surface area contributed by atoms with E-state index >= 15 is 0 Å². The van der Waals surface area contributed by atoms with Crippen molar-refractivity contribution in [3.8, 4) is 5.75 Å². The minimum atomic E-state index is 0.337. The maximum absolute atomic E-state index is 5.78. The predicted octanol–water partition coefficient (Wildman–Crippen LogP) is 3.76. The van der Waals surface area contributed by atoms with Gasteiger partial charge in [0.05, 0.1) is 18.8 Å². The van der Waals surface area contributed by atoms with E-state index in [4.69, 9.17) is 9.47 Å². The van der Waals surface area contributed by atoms with Gasteiger partial charge < -0.3 is 14.8 Å². The molecule has 0 saturated carbocycles. The fourth-order valence-electron chi connectivity index (χ4n) is 2.80. The maximum Gasteiger partial charge on any atom is 0.119 e. The van der Waals surface area contributed by atoms with Crippen LogP contribution in [0.25, 0.3) is 0 Å². The van der Waals surface area contributed by atoms with E-state index in [-0.39, 0.29) is 0 Å². The zero-order valence-electron chi connectivity index (χ0n) is 12.4. The lowest BCUT2D eigenvalue weighted by Gasteiger charge is -2.33. The van der Waals surface area contributed by atoms with Gasteiger partial charge in [0.25, 0.3) is 0 Å². The van der Waals surface area contributed by atoms with E-state index in [1.807, 2.05) is 13.0 Å². The third-order valence-electron chi connectivity index (χ3n) is 3.57. The van der Waals surface area contributed by atoms with Gasteiger partial charge in [-0.1, -0.05) is 0 Å². The summed E-state index contributed by atoms with van der Waals surface area (Å²) < 4.78 is 11.3. The van der Waals surface area contributed by atoms with Crippen molar-refractivity contribution in [2.24, 2.45) is 0 Å². The standard InChI is InChI=1S/C16H25NO2/c1-5-18-15-6-7-16(11(2)8-15)17-14-9-12(3)19-13(4)10-14/h6-8,12-14,17H,5,9-10H2,1-4H3. The number of nitrogens with one attached hydrogen (secondary N) is 1. The summed E-state index contributed by atoms with van der Waals surface area (Å²) in [5, 5.41) is 3.64.